The Balaban J connectivity index is 1.40. The summed E-state index contributed by atoms with van der Waals surface area (Å²) >= 11 is 0. The maximum Gasteiger partial charge on any atom is 0.409 e. The normalized spacial score (nSPS) is 13.9. The lowest BCUT2D eigenvalue weighted by molar-refractivity contribution is -0.134. The van der Waals surface area contributed by atoms with Gasteiger partial charge in [0.05, 0.1) is 12.3 Å². The second-order valence-corrected chi connectivity index (χ2v) is 9.43. The summed E-state index contributed by atoms with van der Waals surface area (Å²) in [6, 6.07) is 22.0. The van der Waals surface area contributed by atoms with E-state index in [4.69, 9.17) is 4.74 Å². The largest absolute Gasteiger partial charge is 0.450 e. The smallest absolute Gasteiger partial charge is 0.409 e. The van der Waals surface area contributed by atoms with Crippen LogP contribution in [0.15, 0.2) is 72.8 Å². The van der Waals surface area contributed by atoms with Crippen LogP contribution in [0, 0.1) is 0 Å². The van der Waals surface area contributed by atoms with Crippen molar-refractivity contribution in [3.05, 3.63) is 84.3 Å². The zero-order valence-electron chi connectivity index (χ0n) is 22.6. The number of hydrogen-bond donors (Lipinski definition) is 2. The Morgan fingerprint density at radius 3 is 2.20 bits per heavy atom. The van der Waals surface area contributed by atoms with E-state index in [2.05, 4.69) is 30.9 Å². The first-order valence-electron chi connectivity index (χ1n) is 13.4. The molecule has 1 aliphatic heterocycles. The summed E-state index contributed by atoms with van der Waals surface area (Å²) in [6.07, 6.45) is -0.377. The molecule has 5 rings (SSSR count). The number of hydrogen-bond acceptors (Lipinski definition) is 8. The van der Waals surface area contributed by atoms with Crippen molar-refractivity contribution >= 4 is 17.9 Å². The first-order chi connectivity index (χ1) is 20.0. The van der Waals surface area contributed by atoms with Crippen LogP contribution in [0.4, 0.5) is 4.79 Å². The molecule has 3 amide bonds. The molecule has 0 spiro atoms. The van der Waals surface area contributed by atoms with Crippen LogP contribution in [-0.4, -0.2) is 92.1 Å². The summed E-state index contributed by atoms with van der Waals surface area (Å²) in [5, 5.41) is 16.8. The predicted octanol–water partition coefficient (Wildman–Crippen LogP) is 2.57. The Bertz CT molecular complexity index is 1420. The molecule has 0 bridgehead atoms. The van der Waals surface area contributed by atoms with Crippen LogP contribution in [0.1, 0.15) is 23.2 Å². The first kappa shape index (κ1) is 27.4. The molecule has 3 heterocycles. The van der Waals surface area contributed by atoms with Gasteiger partial charge in [0.2, 0.25) is 5.91 Å². The second-order valence-electron chi connectivity index (χ2n) is 9.43. The highest BCUT2D eigenvalue weighted by atomic mass is 16.6. The molecule has 2 N–H and O–H groups in total. The molecule has 1 fully saturated rings. The summed E-state index contributed by atoms with van der Waals surface area (Å²) in [4.78, 5) is 47.2. The maximum atomic E-state index is 13.7. The fourth-order valence-corrected chi connectivity index (χ4v) is 4.63. The van der Waals surface area contributed by atoms with Crippen molar-refractivity contribution in [2.24, 2.45) is 0 Å². The molecule has 1 saturated heterocycles. The number of benzene rings is 2. The molecule has 0 aliphatic carbocycles. The van der Waals surface area contributed by atoms with Gasteiger partial charge in [-0.05, 0) is 30.2 Å². The molecule has 12 nitrogen and oxygen atoms in total. The summed E-state index contributed by atoms with van der Waals surface area (Å²) in [5.41, 5.74) is 3.41. The third-order valence-corrected chi connectivity index (χ3v) is 6.73. The highest BCUT2D eigenvalue weighted by molar-refractivity contribution is 5.97. The number of rotatable bonds is 8. The van der Waals surface area contributed by atoms with Crippen LogP contribution >= 0.6 is 0 Å². The van der Waals surface area contributed by atoms with E-state index in [9.17, 15) is 14.4 Å². The molecule has 2 aromatic heterocycles. The number of pyridine rings is 1. The second kappa shape index (κ2) is 12.8. The van der Waals surface area contributed by atoms with Gasteiger partial charge in [-0.3, -0.25) is 9.59 Å². The Hall–Kier alpha value is -5.13. The Labute approximate surface area is 236 Å². The van der Waals surface area contributed by atoms with Gasteiger partial charge in [-0.1, -0.05) is 65.9 Å². The van der Waals surface area contributed by atoms with Crippen LogP contribution in [0.3, 0.4) is 0 Å². The number of carbonyl (C=O) groups excluding carboxylic acids is 3. The zero-order valence-corrected chi connectivity index (χ0v) is 22.6. The minimum Gasteiger partial charge on any atom is -0.450 e. The van der Waals surface area contributed by atoms with Crippen LogP contribution < -0.4 is 5.32 Å². The molecule has 41 heavy (non-hydrogen) atoms. The highest BCUT2D eigenvalue weighted by Crippen LogP contribution is 2.26. The average molecular weight is 555 g/mol. The Kier molecular flexibility index (Phi) is 8.58. The number of nitrogens with one attached hydrogen (secondary N) is 2. The van der Waals surface area contributed by atoms with Gasteiger partial charge in [0.25, 0.3) is 5.91 Å². The fourth-order valence-electron chi connectivity index (χ4n) is 4.63. The molecule has 4 aromatic rings. The molecule has 0 radical (unpaired) electrons. The van der Waals surface area contributed by atoms with Crippen LogP contribution in [0.2, 0.25) is 0 Å². The third kappa shape index (κ3) is 6.72. The lowest BCUT2D eigenvalue weighted by Gasteiger charge is -2.35. The van der Waals surface area contributed by atoms with Crippen LogP contribution in [0.25, 0.3) is 22.4 Å². The van der Waals surface area contributed by atoms with Gasteiger partial charge in [0, 0.05) is 38.2 Å². The molecule has 1 aliphatic rings. The zero-order chi connectivity index (χ0) is 28.6. The molecule has 1 atom stereocenters. The lowest BCUT2D eigenvalue weighted by atomic mass is 10.0. The first-order valence-corrected chi connectivity index (χ1v) is 13.4. The number of aromatic nitrogens is 5. The quantitative estimate of drug-likeness (QED) is 0.338. The van der Waals surface area contributed by atoms with Crippen LogP contribution in [-0.2, 0) is 16.0 Å². The standard InChI is InChI=1S/C29H30N8O4/c1-2-41-29(40)37-15-13-36(14-16-37)28(39)25(19-26-32-34-35-33-26)31-27(38)24-18-22(20-9-5-3-6-10-20)17-23(30-24)21-11-7-4-8-12-21/h3-12,17-18,25H,2,13-16,19H2,1H3,(H,31,38)(H,32,33,34,35). The van der Waals surface area contributed by atoms with Gasteiger partial charge in [-0.25, -0.2) is 9.78 Å². The van der Waals surface area contributed by atoms with E-state index in [0.29, 0.717) is 31.9 Å². The van der Waals surface area contributed by atoms with E-state index in [-0.39, 0.29) is 30.5 Å². The third-order valence-electron chi connectivity index (χ3n) is 6.73. The van der Waals surface area contributed by atoms with Gasteiger partial charge in [-0.15, -0.1) is 10.2 Å². The molecule has 1 unspecified atom stereocenters. The predicted molar refractivity (Wildman–Crippen MR) is 149 cm³/mol. The molecule has 12 heteroatoms. The number of nitrogens with zero attached hydrogens (tertiary/aromatic N) is 6. The van der Waals surface area contributed by atoms with Crippen molar-refractivity contribution in [3.63, 3.8) is 0 Å². The molecule has 210 valence electrons. The summed E-state index contributed by atoms with van der Waals surface area (Å²) in [6.45, 7) is 3.29. The van der Waals surface area contributed by atoms with Gasteiger partial charge in [-0.2, -0.15) is 5.21 Å². The number of aromatic amines is 1. The van der Waals surface area contributed by atoms with E-state index in [1.54, 1.807) is 22.8 Å². The summed E-state index contributed by atoms with van der Waals surface area (Å²) in [7, 11) is 0. The van der Waals surface area contributed by atoms with Crippen molar-refractivity contribution in [2.75, 3.05) is 32.8 Å². The van der Waals surface area contributed by atoms with Crippen molar-refractivity contribution < 1.29 is 19.1 Å². The van der Waals surface area contributed by atoms with Gasteiger partial charge in [0.1, 0.15) is 11.7 Å². The van der Waals surface area contributed by atoms with E-state index in [1.807, 2.05) is 66.7 Å². The Morgan fingerprint density at radius 2 is 1.56 bits per heavy atom. The molecule has 2 aromatic carbocycles. The number of H-pyrrole nitrogens is 1. The van der Waals surface area contributed by atoms with E-state index >= 15 is 0 Å². The summed E-state index contributed by atoms with van der Waals surface area (Å²) < 4.78 is 5.07. The number of amides is 3. The van der Waals surface area contributed by atoms with Crippen molar-refractivity contribution in [1.29, 1.82) is 0 Å². The van der Waals surface area contributed by atoms with Crippen LogP contribution in [0.5, 0.6) is 0 Å². The van der Waals surface area contributed by atoms with Crippen molar-refractivity contribution in [1.82, 2.24) is 40.7 Å². The topological polar surface area (TPSA) is 146 Å². The number of ether oxygens (including phenoxy) is 1. The van der Waals surface area contributed by atoms with Gasteiger partial charge in [0.15, 0.2) is 5.82 Å². The van der Waals surface area contributed by atoms with Crippen molar-refractivity contribution in [2.45, 2.75) is 19.4 Å². The number of carbonyl (C=O) groups is 3. The SMILES string of the molecule is CCOC(=O)N1CCN(C(=O)C(Cc2nn[nH]n2)NC(=O)c2cc(-c3ccccc3)cc(-c3ccccc3)n2)CC1. The van der Waals surface area contributed by atoms with E-state index in [0.717, 1.165) is 16.7 Å². The van der Waals surface area contributed by atoms with E-state index < -0.39 is 18.0 Å². The van der Waals surface area contributed by atoms with Gasteiger partial charge >= 0.3 is 6.09 Å². The number of piperazine rings is 1. The maximum absolute atomic E-state index is 13.7. The Morgan fingerprint density at radius 1 is 0.902 bits per heavy atom. The minimum absolute atomic E-state index is 0.0308. The van der Waals surface area contributed by atoms with E-state index in [1.165, 1.54) is 0 Å². The number of tetrazole rings is 1. The monoisotopic (exact) mass is 554 g/mol. The average Bonchev–Trinajstić information content (AvgIpc) is 3.54. The molecular formula is C29H30N8O4. The molecular weight excluding hydrogens is 524 g/mol. The fraction of sp³-hybridized carbons (Fsp3) is 0.276. The molecule has 0 saturated carbocycles. The highest BCUT2D eigenvalue weighted by Gasteiger charge is 2.32. The van der Waals surface area contributed by atoms with Gasteiger partial charge < -0.3 is 19.9 Å². The van der Waals surface area contributed by atoms with Crippen molar-refractivity contribution in [3.8, 4) is 22.4 Å². The summed E-state index contributed by atoms with van der Waals surface area (Å²) in [5.74, 6) is -0.536. The lowest BCUT2D eigenvalue weighted by Crippen LogP contribution is -2.56. The minimum atomic E-state index is -0.975.